The topological polar surface area (TPSA) is 177 Å². The van der Waals surface area contributed by atoms with Crippen molar-refractivity contribution in [2.75, 3.05) is 20.3 Å². The molecule has 2 aliphatic rings. The quantitative estimate of drug-likeness (QED) is 0.310. The fraction of sp³-hybridized carbons (Fsp3) is 0.381. The monoisotopic (exact) mass is 448 g/mol. The number of Topliss-reactive ketones (excluding diaryl/α,β-unsaturated/α-hetero) is 1. The number of ketones is 1. The first-order valence-corrected chi connectivity index (χ1v) is 9.69. The fourth-order valence-electron chi connectivity index (χ4n) is 3.72. The average Bonchev–Trinajstić information content (AvgIpc) is 2.72. The highest BCUT2D eigenvalue weighted by molar-refractivity contribution is 6.18. The van der Waals surface area contributed by atoms with E-state index < -0.39 is 48.7 Å². The van der Waals surface area contributed by atoms with Crippen LogP contribution in [-0.2, 0) is 9.59 Å². The summed E-state index contributed by atoms with van der Waals surface area (Å²) in [6, 6.07) is 1.26. The summed E-state index contributed by atoms with van der Waals surface area (Å²) >= 11 is 0. The van der Waals surface area contributed by atoms with Crippen LogP contribution in [0.1, 0.15) is 29.3 Å². The number of nitrogens with one attached hydrogen (secondary N) is 1. The Kier molecular flexibility index (Phi) is 6.26. The summed E-state index contributed by atoms with van der Waals surface area (Å²) in [5, 5.41) is 51.8. The lowest BCUT2D eigenvalue weighted by Gasteiger charge is -2.43. The molecule has 0 radical (unpaired) electrons. The van der Waals surface area contributed by atoms with Crippen molar-refractivity contribution in [1.29, 1.82) is 0 Å². The van der Waals surface area contributed by atoms with Crippen LogP contribution in [-0.4, -0.2) is 86.2 Å². The number of allylic oxidation sites excluding steroid dienone is 1. The molecule has 0 saturated heterocycles. The highest BCUT2D eigenvalue weighted by atomic mass is 16.5. The first kappa shape index (κ1) is 23.3. The SMILES string of the molecule is COc1cc(O)c2c(c1)C=C1CC(O)(CO)N(CC(=O)N[C@@H](C(=O)O)[C@H](C)O)C=C1C2=O. The highest BCUT2D eigenvalue weighted by Crippen LogP contribution is 2.42. The number of aromatic hydroxyl groups is 1. The van der Waals surface area contributed by atoms with Crippen molar-refractivity contribution < 1.29 is 44.7 Å². The molecule has 3 atom stereocenters. The number of aliphatic hydroxyl groups is 3. The number of fused-ring (bicyclic) bond motifs is 2. The van der Waals surface area contributed by atoms with E-state index in [9.17, 15) is 34.8 Å². The minimum absolute atomic E-state index is 0.0275. The summed E-state index contributed by atoms with van der Waals surface area (Å²) in [6.07, 6.45) is 1.18. The van der Waals surface area contributed by atoms with Crippen molar-refractivity contribution in [3.05, 3.63) is 40.6 Å². The third-order valence-corrected chi connectivity index (χ3v) is 5.43. The molecule has 1 amide bonds. The number of carboxylic acids is 1. The van der Waals surface area contributed by atoms with E-state index in [4.69, 9.17) is 9.84 Å². The summed E-state index contributed by atoms with van der Waals surface area (Å²) < 4.78 is 5.10. The van der Waals surface area contributed by atoms with Gasteiger partial charge in [0, 0.05) is 24.3 Å². The van der Waals surface area contributed by atoms with E-state index in [0.29, 0.717) is 16.9 Å². The van der Waals surface area contributed by atoms with Crippen LogP contribution in [0.2, 0.25) is 0 Å². The first-order valence-electron chi connectivity index (χ1n) is 9.69. The van der Waals surface area contributed by atoms with Crippen molar-refractivity contribution in [2.45, 2.75) is 31.2 Å². The Morgan fingerprint density at radius 3 is 2.59 bits per heavy atom. The van der Waals surface area contributed by atoms with Gasteiger partial charge in [0.15, 0.2) is 17.6 Å². The predicted molar refractivity (Wildman–Crippen MR) is 110 cm³/mol. The highest BCUT2D eigenvalue weighted by Gasteiger charge is 2.42. The molecule has 6 N–H and O–H groups in total. The van der Waals surface area contributed by atoms with Crippen LogP contribution >= 0.6 is 0 Å². The number of rotatable bonds is 7. The molecule has 1 aliphatic heterocycles. The normalized spacial score (nSPS) is 21.5. The number of benzene rings is 1. The van der Waals surface area contributed by atoms with Gasteiger partial charge in [0.05, 0.1) is 31.9 Å². The second-order valence-corrected chi connectivity index (χ2v) is 7.72. The molecule has 0 bridgehead atoms. The molecular weight excluding hydrogens is 424 g/mol. The van der Waals surface area contributed by atoms with Gasteiger partial charge < -0.3 is 40.5 Å². The summed E-state index contributed by atoms with van der Waals surface area (Å²) in [6.45, 7) is -0.188. The number of hydrogen-bond acceptors (Lipinski definition) is 9. The van der Waals surface area contributed by atoms with E-state index in [-0.39, 0.29) is 23.3 Å². The van der Waals surface area contributed by atoms with E-state index in [2.05, 4.69) is 5.32 Å². The second kappa shape index (κ2) is 8.61. The zero-order chi connectivity index (χ0) is 23.8. The number of carboxylic acid groups (broad SMARTS) is 1. The number of phenols is 1. The Bertz CT molecular complexity index is 1030. The number of amides is 1. The molecule has 0 saturated carbocycles. The Morgan fingerprint density at radius 1 is 1.34 bits per heavy atom. The zero-order valence-electron chi connectivity index (χ0n) is 17.4. The van der Waals surface area contributed by atoms with Gasteiger partial charge in [0.1, 0.15) is 11.5 Å². The summed E-state index contributed by atoms with van der Waals surface area (Å²) in [5.41, 5.74) is -1.05. The van der Waals surface area contributed by atoms with Gasteiger partial charge in [-0.1, -0.05) is 0 Å². The average molecular weight is 448 g/mol. The molecule has 3 rings (SSSR count). The Labute approximate surface area is 182 Å². The summed E-state index contributed by atoms with van der Waals surface area (Å²) in [7, 11) is 1.41. The minimum atomic E-state index is -1.95. The van der Waals surface area contributed by atoms with Crippen LogP contribution in [0.5, 0.6) is 11.5 Å². The van der Waals surface area contributed by atoms with Gasteiger partial charge in [-0.3, -0.25) is 9.59 Å². The van der Waals surface area contributed by atoms with Gasteiger partial charge in [0.2, 0.25) is 5.91 Å². The Morgan fingerprint density at radius 2 is 2.03 bits per heavy atom. The molecule has 1 aromatic carbocycles. The van der Waals surface area contributed by atoms with E-state index in [1.54, 1.807) is 12.1 Å². The van der Waals surface area contributed by atoms with Gasteiger partial charge in [-0.25, -0.2) is 4.79 Å². The number of nitrogens with zero attached hydrogens (tertiary/aromatic N) is 1. The number of hydrogen-bond donors (Lipinski definition) is 6. The van der Waals surface area contributed by atoms with Crippen molar-refractivity contribution in [3.8, 4) is 11.5 Å². The van der Waals surface area contributed by atoms with Gasteiger partial charge in [-0.2, -0.15) is 0 Å². The second-order valence-electron chi connectivity index (χ2n) is 7.72. The standard InChI is InChI=1S/C21H24N2O9/c1-10(25)18(20(29)30)22-16(27)8-23-7-14-12(6-21(23,31)9-24)3-11-4-13(32-2)5-15(26)17(11)19(14)28/h3-5,7,10,18,24-26,31H,6,8-9H2,1-2H3,(H,22,27)(H,29,30)/t10-,18+,21?/m0/s1. The molecule has 11 nitrogen and oxygen atoms in total. The maximum absolute atomic E-state index is 13.1. The van der Waals surface area contributed by atoms with E-state index in [1.165, 1.54) is 26.3 Å². The molecule has 1 aromatic rings. The number of methoxy groups -OCH3 is 1. The number of aliphatic hydroxyl groups excluding tert-OH is 2. The van der Waals surface area contributed by atoms with Crippen molar-refractivity contribution in [2.24, 2.45) is 0 Å². The lowest BCUT2D eigenvalue weighted by Crippen LogP contribution is -2.57. The van der Waals surface area contributed by atoms with Crippen LogP contribution in [0.3, 0.4) is 0 Å². The lowest BCUT2D eigenvalue weighted by molar-refractivity contribution is -0.148. The molecule has 32 heavy (non-hydrogen) atoms. The Balaban J connectivity index is 1.96. The largest absolute Gasteiger partial charge is 0.507 e. The van der Waals surface area contributed by atoms with E-state index in [1.807, 2.05) is 0 Å². The van der Waals surface area contributed by atoms with Crippen LogP contribution in [0.4, 0.5) is 0 Å². The molecule has 0 spiro atoms. The molecular formula is C21H24N2O9. The van der Waals surface area contributed by atoms with Crippen LogP contribution in [0.15, 0.2) is 29.5 Å². The van der Waals surface area contributed by atoms with Crippen molar-refractivity contribution in [1.82, 2.24) is 10.2 Å². The number of ether oxygens (including phenoxy) is 1. The molecule has 0 fully saturated rings. The third kappa shape index (κ3) is 4.17. The van der Waals surface area contributed by atoms with Gasteiger partial charge in [-0.05, 0) is 30.2 Å². The summed E-state index contributed by atoms with van der Waals surface area (Å²) in [5.74, 6) is -2.82. The van der Waals surface area contributed by atoms with Crippen LogP contribution < -0.4 is 10.1 Å². The van der Waals surface area contributed by atoms with E-state index >= 15 is 0 Å². The van der Waals surface area contributed by atoms with Crippen molar-refractivity contribution >= 4 is 23.7 Å². The molecule has 1 unspecified atom stereocenters. The van der Waals surface area contributed by atoms with Crippen molar-refractivity contribution in [3.63, 3.8) is 0 Å². The molecule has 172 valence electrons. The zero-order valence-corrected chi connectivity index (χ0v) is 17.4. The number of phenolic OH excluding ortho intramolecular Hbond substituents is 1. The van der Waals surface area contributed by atoms with Gasteiger partial charge in [-0.15, -0.1) is 0 Å². The Hall–Kier alpha value is -3.41. The molecule has 11 heteroatoms. The fourth-order valence-corrected chi connectivity index (χ4v) is 3.72. The number of carbonyl (C=O) groups excluding carboxylic acids is 2. The van der Waals surface area contributed by atoms with Crippen LogP contribution in [0, 0.1) is 0 Å². The number of aliphatic carboxylic acids is 1. The molecule has 0 aromatic heterocycles. The number of carbonyl (C=O) groups is 3. The molecule has 1 aliphatic carbocycles. The maximum Gasteiger partial charge on any atom is 0.328 e. The smallest absolute Gasteiger partial charge is 0.328 e. The van der Waals surface area contributed by atoms with E-state index in [0.717, 1.165) is 4.90 Å². The van der Waals surface area contributed by atoms with Gasteiger partial charge >= 0.3 is 5.97 Å². The lowest BCUT2D eigenvalue weighted by atomic mass is 9.81. The maximum atomic E-state index is 13.1. The molecule has 1 heterocycles. The third-order valence-electron chi connectivity index (χ3n) is 5.43. The van der Waals surface area contributed by atoms with Crippen LogP contribution in [0.25, 0.3) is 6.08 Å². The summed E-state index contributed by atoms with van der Waals surface area (Å²) in [4.78, 5) is 37.7. The first-order chi connectivity index (χ1) is 15.0. The predicted octanol–water partition coefficient (Wildman–Crippen LogP) is -0.799. The van der Waals surface area contributed by atoms with Gasteiger partial charge in [0.25, 0.3) is 0 Å². The minimum Gasteiger partial charge on any atom is -0.507 e.